The van der Waals surface area contributed by atoms with Gasteiger partial charge in [0, 0.05) is 12.5 Å². The molecular formula is C16H21NO3. The standard InChI is InChI=1S/C16H21NO3/c1-11(12-5-3-2-4-6-12)10-17-15(18)13-7-8-14(9-13)16(19)20/h2-6,11,13-14H,7-10H2,1H3,(H,17,18)(H,19,20)/t11?,13-,14+/m1/s1. The molecule has 0 aromatic heterocycles. The van der Waals surface area contributed by atoms with E-state index in [1.165, 1.54) is 5.56 Å². The third kappa shape index (κ3) is 3.59. The van der Waals surface area contributed by atoms with Gasteiger partial charge in [-0.25, -0.2) is 0 Å². The van der Waals surface area contributed by atoms with Crippen molar-refractivity contribution in [1.82, 2.24) is 5.32 Å². The lowest BCUT2D eigenvalue weighted by molar-refractivity contribution is -0.141. The zero-order valence-electron chi connectivity index (χ0n) is 11.7. The summed E-state index contributed by atoms with van der Waals surface area (Å²) in [6.07, 6.45) is 1.77. The van der Waals surface area contributed by atoms with Crippen LogP contribution in [0.25, 0.3) is 0 Å². The maximum absolute atomic E-state index is 12.0. The first-order chi connectivity index (χ1) is 9.58. The predicted molar refractivity (Wildman–Crippen MR) is 76.3 cm³/mol. The number of carboxylic acid groups (broad SMARTS) is 1. The Labute approximate surface area is 119 Å². The molecular weight excluding hydrogens is 254 g/mol. The van der Waals surface area contributed by atoms with Gasteiger partial charge in [0.15, 0.2) is 0 Å². The Hall–Kier alpha value is -1.84. The zero-order chi connectivity index (χ0) is 14.5. The minimum Gasteiger partial charge on any atom is -0.481 e. The molecule has 1 saturated carbocycles. The summed E-state index contributed by atoms with van der Waals surface area (Å²) in [5.74, 6) is -1.01. The van der Waals surface area contributed by atoms with Gasteiger partial charge < -0.3 is 10.4 Å². The SMILES string of the molecule is CC(CNC(=O)[C@@H]1CC[C@H](C(=O)O)C1)c1ccccc1. The molecule has 0 spiro atoms. The Kier molecular flexibility index (Phi) is 4.77. The highest BCUT2D eigenvalue weighted by atomic mass is 16.4. The van der Waals surface area contributed by atoms with Crippen molar-refractivity contribution in [1.29, 1.82) is 0 Å². The highest BCUT2D eigenvalue weighted by Crippen LogP contribution is 2.31. The summed E-state index contributed by atoms with van der Waals surface area (Å²) in [6, 6.07) is 10.0. The average Bonchev–Trinajstić information content (AvgIpc) is 2.95. The van der Waals surface area contributed by atoms with Crippen molar-refractivity contribution in [3.8, 4) is 0 Å². The Balaban J connectivity index is 1.80. The van der Waals surface area contributed by atoms with Gasteiger partial charge in [-0.1, -0.05) is 37.3 Å². The Morgan fingerprint density at radius 3 is 2.50 bits per heavy atom. The lowest BCUT2D eigenvalue weighted by Crippen LogP contribution is -2.32. The van der Waals surface area contributed by atoms with Gasteiger partial charge >= 0.3 is 5.97 Å². The third-order valence-corrected chi connectivity index (χ3v) is 4.10. The molecule has 4 heteroatoms. The molecule has 1 aliphatic carbocycles. The Morgan fingerprint density at radius 2 is 1.90 bits per heavy atom. The highest BCUT2D eigenvalue weighted by molar-refractivity contribution is 5.80. The third-order valence-electron chi connectivity index (χ3n) is 4.10. The monoisotopic (exact) mass is 275 g/mol. The molecule has 1 amide bonds. The fourth-order valence-corrected chi connectivity index (χ4v) is 2.74. The molecule has 3 atom stereocenters. The smallest absolute Gasteiger partial charge is 0.306 e. The Bertz CT molecular complexity index is 472. The van der Waals surface area contributed by atoms with E-state index in [-0.39, 0.29) is 23.7 Å². The van der Waals surface area contributed by atoms with E-state index < -0.39 is 5.97 Å². The van der Waals surface area contributed by atoms with Crippen LogP contribution in [0.1, 0.15) is 37.7 Å². The molecule has 1 aliphatic rings. The second-order valence-corrected chi connectivity index (χ2v) is 5.60. The first kappa shape index (κ1) is 14.6. The molecule has 4 nitrogen and oxygen atoms in total. The van der Waals surface area contributed by atoms with Crippen LogP contribution in [0.15, 0.2) is 30.3 Å². The minimum atomic E-state index is -0.780. The molecule has 1 fully saturated rings. The molecule has 2 rings (SSSR count). The van der Waals surface area contributed by atoms with Crippen LogP contribution in [0, 0.1) is 11.8 Å². The van der Waals surface area contributed by atoms with Gasteiger partial charge in [0.1, 0.15) is 0 Å². The largest absolute Gasteiger partial charge is 0.481 e. The number of aliphatic carboxylic acids is 1. The van der Waals surface area contributed by atoms with Gasteiger partial charge in [-0.05, 0) is 30.7 Å². The maximum Gasteiger partial charge on any atom is 0.306 e. The molecule has 108 valence electrons. The van der Waals surface area contributed by atoms with Gasteiger partial charge in [0.2, 0.25) is 5.91 Å². The van der Waals surface area contributed by atoms with Gasteiger partial charge in [0.05, 0.1) is 5.92 Å². The van der Waals surface area contributed by atoms with E-state index in [0.717, 1.165) is 0 Å². The zero-order valence-corrected chi connectivity index (χ0v) is 11.7. The topological polar surface area (TPSA) is 66.4 Å². The summed E-state index contributed by atoms with van der Waals surface area (Å²) < 4.78 is 0. The quantitative estimate of drug-likeness (QED) is 0.867. The number of carboxylic acids is 1. The van der Waals surface area contributed by atoms with E-state index in [0.29, 0.717) is 25.8 Å². The number of hydrogen-bond acceptors (Lipinski definition) is 2. The van der Waals surface area contributed by atoms with Gasteiger partial charge in [-0.3, -0.25) is 9.59 Å². The normalized spacial score (nSPS) is 23.2. The summed E-state index contributed by atoms with van der Waals surface area (Å²) in [4.78, 5) is 22.9. The molecule has 0 radical (unpaired) electrons. The molecule has 0 bridgehead atoms. The van der Waals surface area contributed by atoms with Gasteiger partial charge in [-0.2, -0.15) is 0 Å². The van der Waals surface area contributed by atoms with Crippen molar-refractivity contribution in [2.24, 2.45) is 11.8 Å². The van der Waals surface area contributed by atoms with Crippen molar-refractivity contribution in [2.45, 2.75) is 32.1 Å². The molecule has 0 saturated heterocycles. The lowest BCUT2D eigenvalue weighted by atomic mass is 10.0. The Morgan fingerprint density at radius 1 is 1.25 bits per heavy atom. The molecule has 1 unspecified atom stereocenters. The molecule has 0 aliphatic heterocycles. The second-order valence-electron chi connectivity index (χ2n) is 5.60. The summed E-state index contributed by atoms with van der Waals surface area (Å²) in [5.41, 5.74) is 1.20. The average molecular weight is 275 g/mol. The summed E-state index contributed by atoms with van der Waals surface area (Å²) in [6.45, 7) is 2.67. The molecule has 0 heterocycles. The van der Waals surface area contributed by atoms with Crippen molar-refractivity contribution < 1.29 is 14.7 Å². The van der Waals surface area contributed by atoms with Crippen molar-refractivity contribution >= 4 is 11.9 Å². The highest BCUT2D eigenvalue weighted by Gasteiger charge is 2.33. The van der Waals surface area contributed by atoms with Crippen LogP contribution >= 0.6 is 0 Å². The fourth-order valence-electron chi connectivity index (χ4n) is 2.74. The second kappa shape index (κ2) is 6.55. The number of benzene rings is 1. The van der Waals surface area contributed by atoms with E-state index in [9.17, 15) is 9.59 Å². The first-order valence-electron chi connectivity index (χ1n) is 7.13. The van der Waals surface area contributed by atoms with Crippen LogP contribution in [0.5, 0.6) is 0 Å². The lowest BCUT2D eigenvalue weighted by Gasteiger charge is -2.15. The molecule has 1 aromatic carbocycles. The van der Waals surface area contributed by atoms with Crippen LogP contribution in [0.2, 0.25) is 0 Å². The van der Waals surface area contributed by atoms with Crippen LogP contribution in [0.3, 0.4) is 0 Å². The van der Waals surface area contributed by atoms with Crippen molar-refractivity contribution in [3.05, 3.63) is 35.9 Å². The van der Waals surface area contributed by atoms with Crippen molar-refractivity contribution in [2.75, 3.05) is 6.54 Å². The summed E-state index contributed by atoms with van der Waals surface area (Å²) in [5, 5.41) is 11.9. The van der Waals surface area contributed by atoms with Gasteiger partial charge in [-0.15, -0.1) is 0 Å². The number of hydrogen-bond donors (Lipinski definition) is 2. The number of rotatable bonds is 5. The van der Waals surface area contributed by atoms with Crippen LogP contribution < -0.4 is 5.32 Å². The first-order valence-corrected chi connectivity index (χ1v) is 7.13. The summed E-state index contributed by atoms with van der Waals surface area (Å²) >= 11 is 0. The van der Waals surface area contributed by atoms with Crippen LogP contribution in [-0.2, 0) is 9.59 Å². The fraction of sp³-hybridized carbons (Fsp3) is 0.500. The molecule has 20 heavy (non-hydrogen) atoms. The van der Waals surface area contributed by atoms with Crippen LogP contribution in [-0.4, -0.2) is 23.5 Å². The number of carbonyl (C=O) groups excluding carboxylic acids is 1. The van der Waals surface area contributed by atoms with Crippen molar-refractivity contribution in [3.63, 3.8) is 0 Å². The number of nitrogens with one attached hydrogen (secondary N) is 1. The van der Waals surface area contributed by atoms with Gasteiger partial charge in [0.25, 0.3) is 0 Å². The van der Waals surface area contributed by atoms with E-state index in [4.69, 9.17) is 5.11 Å². The number of carbonyl (C=O) groups is 2. The molecule has 2 N–H and O–H groups in total. The maximum atomic E-state index is 12.0. The van der Waals surface area contributed by atoms with E-state index >= 15 is 0 Å². The summed E-state index contributed by atoms with van der Waals surface area (Å²) in [7, 11) is 0. The van der Waals surface area contributed by atoms with Crippen LogP contribution in [0.4, 0.5) is 0 Å². The van der Waals surface area contributed by atoms with E-state index in [1.54, 1.807) is 0 Å². The number of amides is 1. The molecule has 1 aromatic rings. The minimum absolute atomic E-state index is 0.00321. The van der Waals surface area contributed by atoms with E-state index in [2.05, 4.69) is 12.2 Å². The van der Waals surface area contributed by atoms with E-state index in [1.807, 2.05) is 30.3 Å². The predicted octanol–water partition coefficient (Wildman–Crippen LogP) is 2.41.